The zero-order chi connectivity index (χ0) is 17.1. The third kappa shape index (κ3) is 10.0. The minimum Gasteiger partial charge on any atom is -0.343 e. The molecule has 23 heavy (non-hydrogen) atoms. The van der Waals surface area contributed by atoms with Crippen LogP contribution >= 0.6 is 0 Å². The van der Waals surface area contributed by atoms with Crippen LogP contribution in [0.4, 0.5) is 0 Å². The van der Waals surface area contributed by atoms with Crippen molar-refractivity contribution in [2.45, 2.75) is 98.3 Å². The molecule has 1 aliphatic heterocycles. The van der Waals surface area contributed by atoms with Crippen molar-refractivity contribution in [2.75, 3.05) is 13.1 Å². The number of carbonyl (C=O) groups is 1. The lowest BCUT2D eigenvalue weighted by Gasteiger charge is -2.19. The van der Waals surface area contributed by atoms with E-state index in [1.54, 1.807) is 0 Å². The van der Waals surface area contributed by atoms with Gasteiger partial charge in [0.25, 0.3) is 0 Å². The molecule has 1 aliphatic rings. The Labute approximate surface area is 145 Å². The van der Waals surface area contributed by atoms with Gasteiger partial charge in [-0.25, -0.2) is 0 Å². The van der Waals surface area contributed by atoms with Crippen LogP contribution in [0, 0.1) is 17.8 Å². The SMILES string of the molecule is CC(C)CCCCCCC(C)CCC(C)CC(=O)N1CCCC1. The highest BCUT2D eigenvalue weighted by Crippen LogP contribution is 2.22. The first-order valence-corrected chi connectivity index (χ1v) is 10.3. The molecule has 2 atom stereocenters. The quantitative estimate of drug-likeness (QED) is 0.400. The second-order valence-electron chi connectivity index (χ2n) is 8.47. The van der Waals surface area contributed by atoms with E-state index in [0.29, 0.717) is 11.8 Å². The Hall–Kier alpha value is -0.530. The van der Waals surface area contributed by atoms with Crippen molar-refractivity contribution >= 4 is 5.91 Å². The number of amides is 1. The molecule has 2 nitrogen and oxygen atoms in total. The normalized spacial score (nSPS) is 17.7. The topological polar surface area (TPSA) is 20.3 Å². The largest absolute Gasteiger partial charge is 0.343 e. The Kier molecular flexibility index (Phi) is 10.6. The van der Waals surface area contributed by atoms with Gasteiger partial charge in [0.15, 0.2) is 0 Å². The van der Waals surface area contributed by atoms with Crippen LogP contribution in [0.2, 0.25) is 0 Å². The molecule has 0 aromatic carbocycles. The lowest BCUT2D eigenvalue weighted by Crippen LogP contribution is -2.28. The van der Waals surface area contributed by atoms with Crippen LogP contribution in [-0.2, 0) is 4.79 Å². The molecular weight excluding hydrogens is 282 g/mol. The van der Waals surface area contributed by atoms with Crippen molar-refractivity contribution in [1.29, 1.82) is 0 Å². The Morgan fingerprint density at radius 1 is 0.783 bits per heavy atom. The fourth-order valence-corrected chi connectivity index (χ4v) is 3.61. The first-order chi connectivity index (χ1) is 11.0. The fourth-order valence-electron chi connectivity index (χ4n) is 3.61. The summed E-state index contributed by atoms with van der Waals surface area (Å²) in [6.45, 7) is 11.3. The lowest BCUT2D eigenvalue weighted by molar-refractivity contribution is -0.131. The van der Waals surface area contributed by atoms with E-state index in [1.165, 1.54) is 64.2 Å². The molecule has 0 bridgehead atoms. The summed E-state index contributed by atoms with van der Waals surface area (Å²) in [6, 6.07) is 0. The summed E-state index contributed by atoms with van der Waals surface area (Å²) in [7, 11) is 0. The third-order valence-corrected chi connectivity index (χ3v) is 5.36. The minimum absolute atomic E-state index is 0.396. The molecule has 0 N–H and O–H groups in total. The summed E-state index contributed by atoms with van der Waals surface area (Å²) in [6.07, 6.45) is 14.0. The molecule has 1 amide bonds. The Bertz CT molecular complexity index is 307. The number of likely N-dealkylation sites (tertiary alicyclic amines) is 1. The van der Waals surface area contributed by atoms with E-state index >= 15 is 0 Å². The zero-order valence-corrected chi connectivity index (χ0v) is 16.3. The van der Waals surface area contributed by atoms with Gasteiger partial charge in [-0.2, -0.15) is 0 Å². The molecule has 0 aromatic heterocycles. The maximum atomic E-state index is 12.1. The van der Waals surface area contributed by atoms with Crippen LogP contribution in [0.15, 0.2) is 0 Å². The van der Waals surface area contributed by atoms with Crippen molar-refractivity contribution in [2.24, 2.45) is 17.8 Å². The Balaban J connectivity index is 1.99. The molecule has 2 heteroatoms. The van der Waals surface area contributed by atoms with Crippen LogP contribution in [0.25, 0.3) is 0 Å². The van der Waals surface area contributed by atoms with E-state index in [9.17, 15) is 4.79 Å². The molecular formula is C21H41NO. The molecule has 0 aromatic rings. The first-order valence-electron chi connectivity index (χ1n) is 10.3. The summed E-state index contributed by atoms with van der Waals surface area (Å²) >= 11 is 0. The zero-order valence-electron chi connectivity index (χ0n) is 16.3. The van der Waals surface area contributed by atoms with Crippen LogP contribution in [-0.4, -0.2) is 23.9 Å². The minimum atomic E-state index is 0.396. The highest BCUT2D eigenvalue weighted by Gasteiger charge is 2.19. The van der Waals surface area contributed by atoms with Gasteiger partial charge in [0, 0.05) is 19.5 Å². The first kappa shape index (κ1) is 20.5. The number of unbranched alkanes of at least 4 members (excludes halogenated alkanes) is 3. The predicted molar refractivity (Wildman–Crippen MR) is 101 cm³/mol. The van der Waals surface area contributed by atoms with E-state index in [2.05, 4.69) is 32.6 Å². The standard InChI is InChI=1S/C21H41NO/c1-18(2)11-7-5-6-8-12-19(3)13-14-20(4)17-21(23)22-15-9-10-16-22/h18-20H,5-17H2,1-4H3. The smallest absolute Gasteiger partial charge is 0.222 e. The molecule has 1 rings (SSSR count). The van der Waals surface area contributed by atoms with Crippen LogP contribution < -0.4 is 0 Å². The average molecular weight is 324 g/mol. The van der Waals surface area contributed by atoms with Gasteiger partial charge >= 0.3 is 0 Å². The van der Waals surface area contributed by atoms with E-state index < -0.39 is 0 Å². The second kappa shape index (κ2) is 11.9. The van der Waals surface area contributed by atoms with Crippen LogP contribution in [0.5, 0.6) is 0 Å². The highest BCUT2D eigenvalue weighted by atomic mass is 16.2. The lowest BCUT2D eigenvalue weighted by atomic mass is 9.92. The van der Waals surface area contributed by atoms with E-state index in [1.807, 2.05) is 0 Å². The van der Waals surface area contributed by atoms with Crippen molar-refractivity contribution in [3.05, 3.63) is 0 Å². The van der Waals surface area contributed by atoms with Crippen molar-refractivity contribution in [3.63, 3.8) is 0 Å². The fraction of sp³-hybridized carbons (Fsp3) is 0.952. The van der Waals surface area contributed by atoms with Crippen molar-refractivity contribution in [3.8, 4) is 0 Å². The molecule has 136 valence electrons. The Morgan fingerprint density at radius 3 is 1.96 bits per heavy atom. The molecule has 0 spiro atoms. The van der Waals surface area contributed by atoms with E-state index in [0.717, 1.165) is 31.3 Å². The Morgan fingerprint density at radius 2 is 1.35 bits per heavy atom. The average Bonchev–Trinajstić information content (AvgIpc) is 3.02. The van der Waals surface area contributed by atoms with Gasteiger partial charge in [0.05, 0.1) is 0 Å². The summed E-state index contributed by atoms with van der Waals surface area (Å²) in [5.41, 5.74) is 0. The monoisotopic (exact) mass is 323 g/mol. The van der Waals surface area contributed by atoms with Gasteiger partial charge in [-0.3, -0.25) is 4.79 Å². The number of hydrogen-bond donors (Lipinski definition) is 0. The number of hydrogen-bond acceptors (Lipinski definition) is 1. The second-order valence-corrected chi connectivity index (χ2v) is 8.47. The van der Waals surface area contributed by atoms with Crippen molar-refractivity contribution in [1.82, 2.24) is 4.90 Å². The maximum Gasteiger partial charge on any atom is 0.222 e. The molecule has 1 heterocycles. The summed E-state index contributed by atoms with van der Waals surface area (Å²) < 4.78 is 0. The van der Waals surface area contributed by atoms with Crippen molar-refractivity contribution < 1.29 is 4.79 Å². The number of rotatable bonds is 12. The highest BCUT2D eigenvalue weighted by molar-refractivity contribution is 5.76. The summed E-state index contributed by atoms with van der Waals surface area (Å²) in [5.74, 6) is 2.63. The van der Waals surface area contributed by atoms with Crippen LogP contribution in [0.1, 0.15) is 98.3 Å². The van der Waals surface area contributed by atoms with E-state index in [-0.39, 0.29) is 0 Å². The predicted octanol–water partition coefficient (Wildman–Crippen LogP) is 6.05. The van der Waals surface area contributed by atoms with Gasteiger partial charge in [-0.15, -0.1) is 0 Å². The van der Waals surface area contributed by atoms with Gasteiger partial charge in [-0.1, -0.05) is 72.6 Å². The van der Waals surface area contributed by atoms with Gasteiger partial charge in [0.2, 0.25) is 5.91 Å². The molecule has 2 unspecified atom stereocenters. The molecule has 1 fully saturated rings. The molecule has 0 aliphatic carbocycles. The number of carbonyl (C=O) groups excluding carboxylic acids is 1. The van der Waals surface area contributed by atoms with E-state index in [4.69, 9.17) is 0 Å². The summed E-state index contributed by atoms with van der Waals surface area (Å²) in [4.78, 5) is 14.2. The third-order valence-electron chi connectivity index (χ3n) is 5.36. The van der Waals surface area contributed by atoms with Gasteiger partial charge in [0.1, 0.15) is 0 Å². The summed E-state index contributed by atoms with van der Waals surface area (Å²) in [5, 5.41) is 0. The van der Waals surface area contributed by atoms with Crippen LogP contribution in [0.3, 0.4) is 0 Å². The molecule has 0 radical (unpaired) electrons. The number of nitrogens with zero attached hydrogens (tertiary/aromatic N) is 1. The molecule has 0 saturated carbocycles. The van der Waals surface area contributed by atoms with Gasteiger partial charge < -0.3 is 4.90 Å². The maximum absolute atomic E-state index is 12.1. The van der Waals surface area contributed by atoms with Gasteiger partial charge in [-0.05, 0) is 37.0 Å². The molecule has 1 saturated heterocycles.